The average Bonchev–Trinajstić information content (AvgIpc) is 2.97. The SMILES string of the molecule is Cc1csc(-c2ccc(-c3cccs3)s2)c1. The van der Waals surface area contributed by atoms with E-state index in [0.29, 0.717) is 0 Å². The lowest BCUT2D eigenvalue weighted by Gasteiger charge is -1.89. The van der Waals surface area contributed by atoms with Gasteiger partial charge in [0.1, 0.15) is 0 Å². The van der Waals surface area contributed by atoms with Gasteiger partial charge in [0.05, 0.1) is 0 Å². The first-order chi connectivity index (χ1) is 7.83. The van der Waals surface area contributed by atoms with Crippen molar-refractivity contribution in [3.63, 3.8) is 0 Å². The van der Waals surface area contributed by atoms with Gasteiger partial charge in [-0.15, -0.1) is 34.0 Å². The zero-order valence-electron chi connectivity index (χ0n) is 8.77. The zero-order valence-corrected chi connectivity index (χ0v) is 11.2. The summed E-state index contributed by atoms with van der Waals surface area (Å²) in [6.07, 6.45) is 0. The second kappa shape index (κ2) is 4.17. The minimum Gasteiger partial charge on any atom is -0.143 e. The van der Waals surface area contributed by atoms with E-state index in [0.717, 1.165) is 0 Å². The average molecular weight is 262 g/mol. The molecular weight excluding hydrogens is 252 g/mol. The van der Waals surface area contributed by atoms with E-state index in [9.17, 15) is 0 Å². The Kier molecular flexibility index (Phi) is 2.67. The van der Waals surface area contributed by atoms with Crippen LogP contribution in [0.3, 0.4) is 0 Å². The normalized spacial score (nSPS) is 10.8. The Hall–Kier alpha value is -0.900. The third-order valence-corrected chi connectivity index (χ3v) is 5.74. The van der Waals surface area contributed by atoms with E-state index < -0.39 is 0 Å². The second-order valence-electron chi connectivity index (χ2n) is 3.63. The molecule has 0 aliphatic heterocycles. The van der Waals surface area contributed by atoms with E-state index in [-0.39, 0.29) is 0 Å². The summed E-state index contributed by atoms with van der Waals surface area (Å²) in [5, 5.41) is 4.34. The Morgan fingerprint density at radius 2 is 1.69 bits per heavy atom. The molecular formula is C13H10S3. The van der Waals surface area contributed by atoms with E-state index >= 15 is 0 Å². The highest BCUT2D eigenvalue weighted by molar-refractivity contribution is 7.25. The minimum atomic E-state index is 1.35. The fourth-order valence-electron chi connectivity index (χ4n) is 1.58. The maximum Gasteiger partial charge on any atom is 0.0449 e. The summed E-state index contributed by atoms with van der Waals surface area (Å²) in [6, 6.07) is 11.0. The third-order valence-electron chi connectivity index (χ3n) is 2.34. The highest BCUT2D eigenvalue weighted by atomic mass is 32.1. The van der Waals surface area contributed by atoms with Crippen LogP contribution < -0.4 is 0 Å². The van der Waals surface area contributed by atoms with Crippen molar-refractivity contribution in [2.75, 3.05) is 0 Å². The maximum absolute atomic E-state index is 2.26. The molecule has 0 amide bonds. The van der Waals surface area contributed by atoms with Crippen LogP contribution in [0.15, 0.2) is 41.1 Å². The van der Waals surface area contributed by atoms with Crippen LogP contribution in [-0.2, 0) is 0 Å². The number of thiophene rings is 3. The molecule has 16 heavy (non-hydrogen) atoms. The van der Waals surface area contributed by atoms with Gasteiger partial charge in [-0.25, -0.2) is 0 Å². The van der Waals surface area contributed by atoms with E-state index in [1.54, 1.807) is 11.3 Å². The monoisotopic (exact) mass is 262 g/mol. The Bertz CT molecular complexity index is 584. The first kappa shape index (κ1) is 10.3. The third kappa shape index (κ3) is 1.86. The molecule has 0 N–H and O–H groups in total. The molecule has 0 bridgehead atoms. The Morgan fingerprint density at radius 1 is 0.875 bits per heavy atom. The molecule has 3 heterocycles. The maximum atomic E-state index is 2.26. The van der Waals surface area contributed by atoms with Gasteiger partial charge < -0.3 is 0 Å². The molecule has 0 saturated carbocycles. The van der Waals surface area contributed by atoms with Gasteiger partial charge in [-0.1, -0.05) is 6.07 Å². The quantitative estimate of drug-likeness (QED) is 0.571. The molecule has 80 valence electrons. The van der Waals surface area contributed by atoms with Gasteiger partial charge in [0.25, 0.3) is 0 Å². The van der Waals surface area contributed by atoms with E-state index in [4.69, 9.17) is 0 Å². The Morgan fingerprint density at radius 3 is 2.31 bits per heavy atom. The topological polar surface area (TPSA) is 0 Å². The molecule has 3 rings (SSSR count). The van der Waals surface area contributed by atoms with Crippen molar-refractivity contribution < 1.29 is 0 Å². The van der Waals surface area contributed by atoms with Gasteiger partial charge >= 0.3 is 0 Å². The lowest BCUT2D eigenvalue weighted by Crippen LogP contribution is -1.59. The summed E-state index contributed by atoms with van der Waals surface area (Å²) in [4.78, 5) is 5.49. The van der Waals surface area contributed by atoms with Crippen molar-refractivity contribution in [3.05, 3.63) is 46.7 Å². The van der Waals surface area contributed by atoms with Crippen LogP contribution in [0.25, 0.3) is 19.5 Å². The predicted octanol–water partition coefficient (Wildman–Crippen LogP) is 5.51. The van der Waals surface area contributed by atoms with Crippen molar-refractivity contribution >= 4 is 34.0 Å². The summed E-state index contributed by atoms with van der Waals surface area (Å²) >= 11 is 5.51. The number of hydrogen-bond acceptors (Lipinski definition) is 3. The largest absolute Gasteiger partial charge is 0.143 e. The van der Waals surface area contributed by atoms with Crippen molar-refractivity contribution in [1.29, 1.82) is 0 Å². The second-order valence-corrected chi connectivity index (χ2v) is 6.57. The Labute approximate surface area is 107 Å². The molecule has 0 aliphatic rings. The van der Waals surface area contributed by atoms with Gasteiger partial charge in [0.2, 0.25) is 0 Å². The van der Waals surface area contributed by atoms with E-state index in [1.165, 1.54) is 25.1 Å². The highest BCUT2D eigenvalue weighted by Gasteiger charge is 2.06. The lowest BCUT2D eigenvalue weighted by molar-refractivity contribution is 1.56. The lowest BCUT2D eigenvalue weighted by atomic mass is 10.3. The summed E-state index contributed by atoms with van der Waals surface area (Å²) in [5.74, 6) is 0. The molecule has 0 aromatic carbocycles. The van der Waals surface area contributed by atoms with E-state index in [2.05, 4.69) is 48.0 Å². The van der Waals surface area contributed by atoms with Gasteiger partial charge in [-0.2, -0.15) is 0 Å². The Balaban J connectivity index is 2.00. The zero-order chi connectivity index (χ0) is 11.0. The molecule has 0 atom stereocenters. The predicted molar refractivity (Wildman–Crippen MR) is 75.7 cm³/mol. The van der Waals surface area contributed by atoms with Gasteiger partial charge in [-0.3, -0.25) is 0 Å². The number of aryl methyl sites for hydroxylation is 1. The molecule has 3 aromatic rings. The van der Waals surface area contributed by atoms with E-state index in [1.807, 2.05) is 22.7 Å². The first-order valence-electron chi connectivity index (χ1n) is 5.02. The van der Waals surface area contributed by atoms with Gasteiger partial charge in [-0.05, 0) is 47.5 Å². The standard InChI is InChI=1S/C13H10S3/c1-9-7-13(15-8-9)12-5-4-11(16-12)10-3-2-6-14-10/h2-8H,1H3. The molecule has 0 fully saturated rings. The summed E-state index contributed by atoms with van der Waals surface area (Å²) < 4.78 is 0. The van der Waals surface area contributed by atoms with Crippen molar-refractivity contribution in [3.8, 4) is 19.5 Å². The molecule has 0 radical (unpaired) electrons. The van der Waals surface area contributed by atoms with Crippen LogP contribution >= 0.6 is 34.0 Å². The van der Waals surface area contributed by atoms with Crippen LogP contribution in [0, 0.1) is 6.92 Å². The van der Waals surface area contributed by atoms with Gasteiger partial charge in [0.15, 0.2) is 0 Å². The fraction of sp³-hybridized carbons (Fsp3) is 0.0769. The smallest absolute Gasteiger partial charge is 0.0449 e. The number of hydrogen-bond donors (Lipinski definition) is 0. The van der Waals surface area contributed by atoms with Gasteiger partial charge in [0, 0.05) is 19.5 Å². The van der Waals surface area contributed by atoms with Crippen molar-refractivity contribution in [1.82, 2.24) is 0 Å². The van der Waals surface area contributed by atoms with Crippen LogP contribution in [0.1, 0.15) is 5.56 Å². The molecule has 0 spiro atoms. The highest BCUT2D eigenvalue weighted by Crippen LogP contribution is 2.38. The van der Waals surface area contributed by atoms with Crippen LogP contribution in [0.4, 0.5) is 0 Å². The van der Waals surface area contributed by atoms with Crippen LogP contribution in [-0.4, -0.2) is 0 Å². The fourth-order valence-corrected chi connectivity index (χ4v) is 4.42. The van der Waals surface area contributed by atoms with Crippen LogP contribution in [0.2, 0.25) is 0 Å². The van der Waals surface area contributed by atoms with Crippen molar-refractivity contribution in [2.45, 2.75) is 6.92 Å². The molecule has 3 heteroatoms. The molecule has 0 saturated heterocycles. The summed E-state index contributed by atoms with van der Waals surface area (Å²) in [6.45, 7) is 2.15. The first-order valence-corrected chi connectivity index (χ1v) is 7.60. The molecule has 3 aromatic heterocycles. The van der Waals surface area contributed by atoms with Crippen LogP contribution in [0.5, 0.6) is 0 Å². The molecule has 0 unspecified atom stereocenters. The summed E-state index contributed by atoms with van der Waals surface area (Å²) in [5.41, 5.74) is 1.35. The number of rotatable bonds is 2. The minimum absolute atomic E-state index is 1.35. The molecule has 0 nitrogen and oxygen atoms in total. The summed E-state index contributed by atoms with van der Waals surface area (Å²) in [7, 11) is 0. The van der Waals surface area contributed by atoms with Crippen molar-refractivity contribution in [2.24, 2.45) is 0 Å². The molecule has 0 aliphatic carbocycles.